The first kappa shape index (κ1) is 17.1. The van der Waals surface area contributed by atoms with E-state index in [-0.39, 0.29) is 6.04 Å². The van der Waals surface area contributed by atoms with Gasteiger partial charge >= 0.3 is 0 Å². The lowest BCUT2D eigenvalue weighted by molar-refractivity contribution is 0.181. The first-order valence-corrected chi connectivity index (χ1v) is 8.35. The van der Waals surface area contributed by atoms with Gasteiger partial charge in [0.25, 0.3) is 0 Å². The molecule has 5 heteroatoms. The van der Waals surface area contributed by atoms with Crippen molar-refractivity contribution in [2.75, 3.05) is 32.3 Å². The van der Waals surface area contributed by atoms with Crippen molar-refractivity contribution >= 4 is 10.8 Å². The van der Waals surface area contributed by atoms with Crippen LogP contribution in [0, 0.1) is 0 Å². The quantitative estimate of drug-likeness (QED) is 0.760. The molecule has 0 spiro atoms. The third-order valence-electron chi connectivity index (χ3n) is 3.21. The molecule has 20 heavy (non-hydrogen) atoms. The van der Waals surface area contributed by atoms with Crippen LogP contribution in [0.5, 0.6) is 5.75 Å². The summed E-state index contributed by atoms with van der Waals surface area (Å²) in [4.78, 5) is 0. The number of nitrogens with one attached hydrogen (secondary N) is 1. The van der Waals surface area contributed by atoms with Crippen LogP contribution in [-0.4, -0.2) is 36.5 Å². The Hall–Kier alpha value is -0.910. The average molecular weight is 299 g/mol. The largest absolute Gasteiger partial charge is 0.496 e. The lowest BCUT2D eigenvalue weighted by Gasteiger charge is -2.16. The van der Waals surface area contributed by atoms with Gasteiger partial charge in [0, 0.05) is 47.6 Å². The summed E-state index contributed by atoms with van der Waals surface area (Å²) < 4.78 is 21.9. The van der Waals surface area contributed by atoms with Crippen LogP contribution in [0.25, 0.3) is 0 Å². The second-order valence-corrected chi connectivity index (χ2v) is 6.48. The molecule has 4 nitrogen and oxygen atoms in total. The summed E-state index contributed by atoms with van der Waals surface area (Å²) in [6, 6.07) is 6.32. The Morgan fingerprint density at radius 2 is 2.10 bits per heavy atom. The van der Waals surface area contributed by atoms with Crippen LogP contribution in [0.2, 0.25) is 0 Å². The molecule has 114 valence electrons. The van der Waals surface area contributed by atoms with E-state index in [2.05, 4.69) is 18.3 Å². The van der Waals surface area contributed by atoms with E-state index < -0.39 is 10.8 Å². The fourth-order valence-corrected chi connectivity index (χ4v) is 2.62. The van der Waals surface area contributed by atoms with E-state index in [1.165, 1.54) is 5.56 Å². The summed E-state index contributed by atoms with van der Waals surface area (Å²) in [7, 11) is 2.62. The molecule has 2 unspecified atom stereocenters. The zero-order chi connectivity index (χ0) is 15.0. The molecular weight excluding hydrogens is 274 g/mol. The highest BCUT2D eigenvalue weighted by Gasteiger charge is 2.09. The third kappa shape index (κ3) is 5.23. The van der Waals surface area contributed by atoms with Crippen LogP contribution in [0.3, 0.4) is 0 Å². The molecule has 0 heterocycles. The predicted octanol–water partition coefficient (Wildman–Crippen LogP) is 2.26. The zero-order valence-electron chi connectivity index (χ0n) is 12.8. The molecule has 0 aromatic heterocycles. The normalized spacial score (nSPS) is 14.0. The fourth-order valence-electron chi connectivity index (χ4n) is 1.99. The van der Waals surface area contributed by atoms with E-state index in [1.807, 2.05) is 19.1 Å². The van der Waals surface area contributed by atoms with Crippen molar-refractivity contribution in [1.29, 1.82) is 0 Å². The summed E-state index contributed by atoms with van der Waals surface area (Å²) in [5, 5.41) is 3.40. The van der Waals surface area contributed by atoms with Gasteiger partial charge in [-0.1, -0.05) is 13.0 Å². The molecule has 0 saturated heterocycles. The highest BCUT2D eigenvalue weighted by atomic mass is 32.2. The van der Waals surface area contributed by atoms with Gasteiger partial charge in [-0.2, -0.15) is 0 Å². The standard InChI is InChI=1S/C15H25NO3S/c1-5-20(17)9-8-16-12(2)13-6-7-15(19-4)14(10-13)11-18-3/h6-7,10,12,16H,5,8-9,11H2,1-4H3. The van der Waals surface area contributed by atoms with E-state index >= 15 is 0 Å². The van der Waals surface area contributed by atoms with Crippen molar-refractivity contribution in [2.24, 2.45) is 0 Å². The molecule has 1 rings (SSSR count). The van der Waals surface area contributed by atoms with Crippen LogP contribution >= 0.6 is 0 Å². The van der Waals surface area contributed by atoms with E-state index in [1.54, 1.807) is 14.2 Å². The number of benzene rings is 1. The topological polar surface area (TPSA) is 47.6 Å². The smallest absolute Gasteiger partial charge is 0.124 e. The van der Waals surface area contributed by atoms with Crippen LogP contribution in [0.15, 0.2) is 18.2 Å². The Bertz CT molecular complexity index is 437. The van der Waals surface area contributed by atoms with Gasteiger partial charge in [0.05, 0.1) is 13.7 Å². The van der Waals surface area contributed by atoms with Gasteiger partial charge in [-0.05, 0) is 24.6 Å². The second kappa shape index (κ2) is 9.10. The molecule has 0 amide bonds. The van der Waals surface area contributed by atoms with E-state index in [4.69, 9.17) is 9.47 Å². The van der Waals surface area contributed by atoms with Crippen LogP contribution in [0.1, 0.15) is 31.0 Å². The van der Waals surface area contributed by atoms with E-state index in [0.29, 0.717) is 12.4 Å². The van der Waals surface area contributed by atoms with Gasteiger partial charge in [-0.15, -0.1) is 0 Å². The van der Waals surface area contributed by atoms with Crippen molar-refractivity contribution in [1.82, 2.24) is 5.32 Å². The average Bonchev–Trinajstić information content (AvgIpc) is 2.47. The van der Waals surface area contributed by atoms with Gasteiger partial charge in [0.1, 0.15) is 5.75 Å². The van der Waals surface area contributed by atoms with Gasteiger partial charge in [-0.25, -0.2) is 0 Å². The summed E-state index contributed by atoms with van der Waals surface area (Å²) in [6.07, 6.45) is 0. The highest BCUT2D eigenvalue weighted by molar-refractivity contribution is 7.84. The summed E-state index contributed by atoms with van der Waals surface area (Å²) >= 11 is 0. The fraction of sp³-hybridized carbons (Fsp3) is 0.600. The van der Waals surface area contributed by atoms with Crippen molar-refractivity contribution in [3.63, 3.8) is 0 Å². The Balaban J connectivity index is 2.65. The van der Waals surface area contributed by atoms with Crippen molar-refractivity contribution in [3.8, 4) is 5.75 Å². The molecule has 0 fully saturated rings. The van der Waals surface area contributed by atoms with Gasteiger partial charge < -0.3 is 14.8 Å². The van der Waals surface area contributed by atoms with Crippen LogP contribution in [-0.2, 0) is 22.1 Å². The minimum Gasteiger partial charge on any atom is -0.496 e. The molecule has 1 aromatic rings. The Morgan fingerprint density at radius 1 is 1.35 bits per heavy atom. The molecule has 0 saturated carbocycles. The number of methoxy groups -OCH3 is 2. The van der Waals surface area contributed by atoms with Gasteiger partial charge in [-0.3, -0.25) is 4.21 Å². The van der Waals surface area contributed by atoms with Gasteiger partial charge in [0.2, 0.25) is 0 Å². The second-order valence-electron chi connectivity index (χ2n) is 4.61. The van der Waals surface area contributed by atoms with Crippen molar-refractivity contribution in [2.45, 2.75) is 26.5 Å². The number of hydrogen-bond acceptors (Lipinski definition) is 4. The lowest BCUT2D eigenvalue weighted by Crippen LogP contribution is -2.24. The molecule has 0 bridgehead atoms. The molecular formula is C15H25NO3S. The van der Waals surface area contributed by atoms with Crippen LogP contribution < -0.4 is 10.1 Å². The van der Waals surface area contributed by atoms with E-state index in [9.17, 15) is 4.21 Å². The predicted molar refractivity (Wildman–Crippen MR) is 83.7 cm³/mol. The Labute approximate surface area is 124 Å². The highest BCUT2D eigenvalue weighted by Crippen LogP contribution is 2.23. The SMILES string of the molecule is CCS(=O)CCNC(C)c1ccc(OC)c(COC)c1. The van der Waals surface area contributed by atoms with Gasteiger partial charge in [0.15, 0.2) is 0 Å². The first-order chi connectivity index (χ1) is 9.62. The molecule has 0 aliphatic heterocycles. The lowest BCUT2D eigenvalue weighted by atomic mass is 10.0. The molecule has 0 aliphatic carbocycles. The number of rotatable bonds is 9. The maximum absolute atomic E-state index is 11.4. The Kier molecular flexibility index (Phi) is 7.80. The molecule has 1 N–H and O–H groups in total. The Morgan fingerprint density at radius 3 is 2.70 bits per heavy atom. The van der Waals surface area contributed by atoms with Crippen LogP contribution in [0.4, 0.5) is 0 Å². The monoisotopic (exact) mass is 299 g/mol. The minimum absolute atomic E-state index is 0.213. The molecule has 1 aromatic carbocycles. The number of ether oxygens (including phenoxy) is 2. The van der Waals surface area contributed by atoms with Crippen molar-refractivity contribution in [3.05, 3.63) is 29.3 Å². The summed E-state index contributed by atoms with van der Waals surface area (Å²) in [5.74, 6) is 2.26. The molecule has 0 radical (unpaired) electrons. The van der Waals surface area contributed by atoms with Crippen molar-refractivity contribution < 1.29 is 13.7 Å². The molecule has 2 atom stereocenters. The zero-order valence-corrected chi connectivity index (χ0v) is 13.6. The molecule has 0 aliphatic rings. The maximum Gasteiger partial charge on any atom is 0.124 e. The maximum atomic E-state index is 11.4. The minimum atomic E-state index is -0.715. The summed E-state index contributed by atoms with van der Waals surface area (Å²) in [6.45, 7) is 5.34. The number of hydrogen-bond donors (Lipinski definition) is 1. The first-order valence-electron chi connectivity index (χ1n) is 6.86. The van der Waals surface area contributed by atoms with E-state index in [0.717, 1.165) is 23.6 Å². The summed E-state index contributed by atoms with van der Waals surface area (Å²) in [5.41, 5.74) is 2.22. The third-order valence-corrected chi connectivity index (χ3v) is 4.51.